The normalized spacial score (nSPS) is 12.2. The lowest BCUT2D eigenvalue weighted by atomic mass is 10.1. The molecule has 2 aromatic rings. The number of benzene rings is 1. The van der Waals surface area contributed by atoms with Crippen molar-refractivity contribution >= 4 is 0 Å². The van der Waals surface area contributed by atoms with Crippen molar-refractivity contribution in [2.45, 2.75) is 33.2 Å². The Balaban J connectivity index is 2.10. The van der Waals surface area contributed by atoms with E-state index < -0.39 is 0 Å². The molecule has 1 heterocycles. The Kier molecular flexibility index (Phi) is 5.13. The van der Waals surface area contributed by atoms with Crippen molar-refractivity contribution in [3.05, 3.63) is 53.7 Å². The molecular weight excluding hydrogens is 248 g/mol. The molecule has 3 nitrogen and oxygen atoms in total. The van der Waals surface area contributed by atoms with Crippen LogP contribution in [-0.2, 0) is 6.42 Å². The fourth-order valence-electron chi connectivity index (χ4n) is 2.09. The molecule has 0 saturated carbocycles. The summed E-state index contributed by atoms with van der Waals surface area (Å²) < 4.78 is 5.81. The maximum absolute atomic E-state index is 5.81. The van der Waals surface area contributed by atoms with Crippen LogP contribution in [0.5, 0.6) is 11.6 Å². The first-order valence-corrected chi connectivity index (χ1v) is 7.19. The van der Waals surface area contributed by atoms with Crippen LogP contribution in [-0.4, -0.2) is 11.5 Å². The Labute approximate surface area is 121 Å². The lowest BCUT2D eigenvalue weighted by molar-refractivity contribution is 0.460. The fourth-order valence-corrected chi connectivity index (χ4v) is 2.09. The molecule has 0 amide bonds. The average molecular weight is 270 g/mol. The molecule has 1 aromatic heterocycles. The monoisotopic (exact) mass is 270 g/mol. The van der Waals surface area contributed by atoms with Crippen molar-refractivity contribution in [3.63, 3.8) is 0 Å². The van der Waals surface area contributed by atoms with E-state index in [4.69, 9.17) is 4.74 Å². The van der Waals surface area contributed by atoms with Gasteiger partial charge < -0.3 is 10.1 Å². The van der Waals surface area contributed by atoms with E-state index in [-0.39, 0.29) is 0 Å². The van der Waals surface area contributed by atoms with E-state index in [1.165, 1.54) is 11.1 Å². The highest BCUT2D eigenvalue weighted by atomic mass is 16.5. The van der Waals surface area contributed by atoms with E-state index in [1.807, 2.05) is 24.3 Å². The summed E-state index contributed by atoms with van der Waals surface area (Å²) in [6.07, 6.45) is 2.83. The zero-order chi connectivity index (χ0) is 14.4. The third-order valence-corrected chi connectivity index (χ3v) is 3.32. The first kappa shape index (κ1) is 14.5. The molecule has 1 N–H and O–H groups in total. The van der Waals surface area contributed by atoms with Gasteiger partial charge in [0.2, 0.25) is 5.88 Å². The molecule has 20 heavy (non-hydrogen) atoms. The minimum atomic E-state index is 0.299. The third kappa shape index (κ3) is 3.81. The summed E-state index contributed by atoms with van der Waals surface area (Å²) in [5, 5.41) is 3.38. The standard InChI is InChI=1S/C17H22N2O/c1-4-14-6-8-16(9-7-14)20-17-12-15(10-11-19-17)13(3)18-5-2/h6-13,18H,4-5H2,1-3H3. The van der Waals surface area contributed by atoms with Gasteiger partial charge in [0.15, 0.2) is 0 Å². The van der Waals surface area contributed by atoms with Crippen LogP contribution in [0.25, 0.3) is 0 Å². The summed E-state index contributed by atoms with van der Waals surface area (Å²) in [4.78, 5) is 4.27. The molecule has 0 aliphatic heterocycles. The Morgan fingerprint density at radius 2 is 1.90 bits per heavy atom. The highest BCUT2D eigenvalue weighted by Gasteiger charge is 2.06. The topological polar surface area (TPSA) is 34.2 Å². The first-order valence-electron chi connectivity index (χ1n) is 7.19. The molecule has 0 saturated heterocycles. The number of nitrogens with one attached hydrogen (secondary N) is 1. The van der Waals surface area contributed by atoms with Crippen molar-refractivity contribution in [2.24, 2.45) is 0 Å². The van der Waals surface area contributed by atoms with E-state index in [0.717, 1.165) is 18.7 Å². The number of aromatic nitrogens is 1. The average Bonchev–Trinajstić information content (AvgIpc) is 2.48. The number of aryl methyl sites for hydroxylation is 1. The molecule has 0 fully saturated rings. The maximum Gasteiger partial charge on any atom is 0.219 e. The summed E-state index contributed by atoms with van der Waals surface area (Å²) in [6, 6.07) is 12.4. The molecule has 1 aromatic carbocycles. The molecule has 0 bridgehead atoms. The van der Waals surface area contributed by atoms with Gasteiger partial charge in [0.1, 0.15) is 5.75 Å². The summed E-state index contributed by atoms with van der Waals surface area (Å²) in [5.74, 6) is 1.46. The quantitative estimate of drug-likeness (QED) is 0.857. The van der Waals surface area contributed by atoms with Crippen LogP contribution in [0.2, 0.25) is 0 Å². The Morgan fingerprint density at radius 3 is 2.55 bits per heavy atom. The summed E-state index contributed by atoms with van der Waals surface area (Å²) in [6.45, 7) is 7.32. The van der Waals surface area contributed by atoms with Crippen LogP contribution >= 0.6 is 0 Å². The van der Waals surface area contributed by atoms with Gasteiger partial charge in [-0.1, -0.05) is 26.0 Å². The zero-order valence-corrected chi connectivity index (χ0v) is 12.4. The van der Waals surface area contributed by atoms with Gasteiger partial charge in [-0.3, -0.25) is 0 Å². The molecule has 0 aliphatic carbocycles. The Morgan fingerprint density at radius 1 is 1.15 bits per heavy atom. The Hall–Kier alpha value is -1.87. The lowest BCUT2D eigenvalue weighted by Crippen LogP contribution is -2.17. The summed E-state index contributed by atoms with van der Waals surface area (Å²) >= 11 is 0. The van der Waals surface area contributed by atoms with Gasteiger partial charge in [-0.25, -0.2) is 4.98 Å². The predicted molar refractivity (Wildman–Crippen MR) is 82.2 cm³/mol. The second-order valence-corrected chi connectivity index (χ2v) is 4.81. The molecule has 1 unspecified atom stereocenters. The predicted octanol–water partition coefficient (Wildman–Crippen LogP) is 4.11. The second-order valence-electron chi connectivity index (χ2n) is 4.81. The van der Waals surface area contributed by atoms with Gasteiger partial charge in [0.25, 0.3) is 0 Å². The van der Waals surface area contributed by atoms with Crippen molar-refractivity contribution in [1.29, 1.82) is 0 Å². The van der Waals surface area contributed by atoms with Crippen LogP contribution in [0.3, 0.4) is 0 Å². The van der Waals surface area contributed by atoms with Gasteiger partial charge in [-0.05, 0) is 49.2 Å². The van der Waals surface area contributed by atoms with Gasteiger partial charge in [0.05, 0.1) is 0 Å². The van der Waals surface area contributed by atoms with E-state index in [1.54, 1.807) is 6.20 Å². The largest absolute Gasteiger partial charge is 0.439 e. The number of hydrogen-bond donors (Lipinski definition) is 1. The van der Waals surface area contributed by atoms with Crippen molar-refractivity contribution in [1.82, 2.24) is 10.3 Å². The zero-order valence-electron chi connectivity index (χ0n) is 12.4. The SMILES string of the molecule is CCNC(C)c1ccnc(Oc2ccc(CC)cc2)c1. The first-order chi connectivity index (χ1) is 9.72. The summed E-state index contributed by atoms with van der Waals surface area (Å²) in [7, 11) is 0. The number of hydrogen-bond acceptors (Lipinski definition) is 3. The molecular formula is C17H22N2O. The molecule has 106 valence electrons. The van der Waals surface area contributed by atoms with Crippen molar-refractivity contribution in [3.8, 4) is 11.6 Å². The number of pyridine rings is 1. The molecule has 0 aliphatic rings. The number of nitrogens with zero attached hydrogens (tertiary/aromatic N) is 1. The third-order valence-electron chi connectivity index (χ3n) is 3.32. The van der Waals surface area contributed by atoms with Crippen molar-refractivity contribution < 1.29 is 4.74 Å². The molecule has 0 radical (unpaired) electrons. The molecule has 0 spiro atoms. The van der Waals surface area contributed by atoms with E-state index in [9.17, 15) is 0 Å². The van der Waals surface area contributed by atoms with Crippen LogP contribution in [0.15, 0.2) is 42.6 Å². The van der Waals surface area contributed by atoms with Crippen molar-refractivity contribution in [2.75, 3.05) is 6.54 Å². The van der Waals surface area contributed by atoms with Gasteiger partial charge in [-0.15, -0.1) is 0 Å². The van der Waals surface area contributed by atoms with Gasteiger partial charge >= 0.3 is 0 Å². The van der Waals surface area contributed by atoms with E-state index >= 15 is 0 Å². The molecule has 3 heteroatoms. The number of rotatable bonds is 6. The van der Waals surface area contributed by atoms with Crippen LogP contribution < -0.4 is 10.1 Å². The van der Waals surface area contributed by atoms with E-state index in [2.05, 4.69) is 43.2 Å². The Bertz CT molecular complexity index is 537. The highest BCUT2D eigenvalue weighted by molar-refractivity contribution is 5.32. The van der Waals surface area contributed by atoms with Gasteiger partial charge in [0, 0.05) is 18.3 Å². The second kappa shape index (κ2) is 7.06. The fraction of sp³-hybridized carbons (Fsp3) is 0.353. The molecule has 2 rings (SSSR count). The summed E-state index contributed by atoms with van der Waals surface area (Å²) in [5.41, 5.74) is 2.49. The minimum absolute atomic E-state index is 0.299. The maximum atomic E-state index is 5.81. The number of ether oxygens (including phenoxy) is 1. The van der Waals surface area contributed by atoms with Crippen LogP contribution in [0, 0.1) is 0 Å². The van der Waals surface area contributed by atoms with Crippen LogP contribution in [0.4, 0.5) is 0 Å². The highest BCUT2D eigenvalue weighted by Crippen LogP contribution is 2.22. The van der Waals surface area contributed by atoms with Crippen LogP contribution in [0.1, 0.15) is 37.9 Å². The minimum Gasteiger partial charge on any atom is -0.439 e. The molecule has 1 atom stereocenters. The van der Waals surface area contributed by atoms with Gasteiger partial charge in [-0.2, -0.15) is 0 Å². The lowest BCUT2D eigenvalue weighted by Gasteiger charge is -2.13. The van der Waals surface area contributed by atoms with E-state index in [0.29, 0.717) is 11.9 Å². The smallest absolute Gasteiger partial charge is 0.219 e.